The van der Waals surface area contributed by atoms with Crippen LogP contribution in [0.25, 0.3) is 11.3 Å². The Labute approximate surface area is 193 Å². The molecular formula is C25H28N6O2. The van der Waals surface area contributed by atoms with Crippen molar-refractivity contribution in [1.82, 2.24) is 15.2 Å². The van der Waals surface area contributed by atoms with Crippen LogP contribution in [0.5, 0.6) is 11.6 Å². The van der Waals surface area contributed by atoms with Gasteiger partial charge in [0.2, 0.25) is 5.88 Å². The van der Waals surface area contributed by atoms with Gasteiger partial charge < -0.3 is 25.4 Å². The highest BCUT2D eigenvalue weighted by molar-refractivity contribution is 5.74. The van der Waals surface area contributed by atoms with Crippen molar-refractivity contribution in [2.75, 3.05) is 41.7 Å². The van der Waals surface area contributed by atoms with Crippen LogP contribution in [-0.4, -0.2) is 52.6 Å². The molecule has 0 amide bonds. The van der Waals surface area contributed by atoms with E-state index in [0.29, 0.717) is 35.0 Å². The molecule has 170 valence electrons. The molecule has 33 heavy (non-hydrogen) atoms. The molecule has 8 nitrogen and oxygen atoms in total. The average molecular weight is 445 g/mol. The van der Waals surface area contributed by atoms with E-state index in [0.717, 1.165) is 50.6 Å². The van der Waals surface area contributed by atoms with Crippen molar-refractivity contribution in [3.05, 3.63) is 48.7 Å². The molecule has 3 aromatic rings. The van der Waals surface area contributed by atoms with Gasteiger partial charge in [-0.2, -0.15) is 0 Å². The van der Waals surface area contributed by atoms with Gasteiger partial charge in [0.15, 0.2) is 5.82 Å². The topological polar surface area (TPSA) is 101 Å². The number of hydrogen-bond donors (Lipinski definition) is 2. The van der Waals surface area contributed by atoms with Gasteiger partial charge in [0.05, 0.1) is 11.4 Å². The zero-order valence-electron chi connectivity index (χ0n) is 18.5. The number of nitrogen functional groups attached to an aromatic ring is 1. The number of aromatic hydroxyl groups is 1. The standard InChI is InChI=1S/C25H28N6O2/c26-25-22(11-21(28-29-25)20-6-1-2-7-23(20)32)31-14-16-12-30(13-17(16)15-31)18-8-9-27-24(10-18)33-19-4-3-5-19/h1-2,6-11,16-17,19,32H,3-5,12-15H2,(H2,26,29). The quantitative estimate of drug-likeness (QED) is 0.618. The molecule has 2 atom stereocenters. The lowest BCUT2D eigenvalue weighted by Gasteiger charge is -2.27. The van der Waals surface area contributed by atoms with Crippen LogP contribution < -0.4 is 20.3 Å². The van der Waals surface area contributed by atoms with Gasteiger partial charge in [-0.25, -0.2) is 4.98 Å². The average Bonchev–Trinajstić information content (AvgIpc) is 3.37. The number of anilines is 3. The van der Waals surface area contributed by atoms with E-state index in [1.807, 2.05) is 24.4 Å². The summed E-state index contributed by atoms with van der Waals surface area (Å²) in [5.41, 5.74) is 9.59. The Hall–Kier alpha value is -3.55. The summed E-state index contributed by atoms with van der Waals surface area (Å²) in [5.74, 6) is 2.46. The molecule has 8 heteroatoms. The highest BCUT2D eigenvalue weighted by Crippen LogP contribution is 2.39. The Kier molecular flexibility index (Phi) is 4.93. The second-order valence-electron chi connectivity index (χ2n) is 9.37. The van der Waals surface area contributed by atoms with Crippen molar-refractivity contribution in [2.24, 2.45) is 11.8 Å². The van der Waals surface area contributed by atoms with E-state index in [9.17, 15) is 5.11 Å². The Morgan fingerprint density at radius 1 is 0.939 bits per heavy atom. The summed E-state index contributed by atoms with van der Waals surface area (Å²) in [4.78, 5) is 9.17. The largest absolute Gasteiger partial charge is 0.507 e. The minimum atomic E-state index is 0.189. The fourth-order valence-electron chi connectivity index (χ4n) is 5.19. The number of benzene rings is 1. The van der Waals surface area contributed by atoms with Crippen LogP contribution in [0.15, 0.2) is 48.7 Å². The van der Waals surface area contributed by atoms with E-state index < -0.39 is 0 Å². The first-order valence-electron chi connectivity index (χ1n) is 11.7. The van der Waals surface area contributed by atoms with Crippen LogP contribution in [0.1, 0.15) is 19.3 Å². The van der Waals surface area contributed by atoms with Crippen LogP contribution in [0.2, 0.25) is 0 Å². The summed E-state index contributed by atoms with van der Waals surface area (Å²) in [5, 5.41) is 18.6. The van der Waals surface area contributed by atoms with Crippen molar-refractivity contribution in [2.45, 2.75) is 25.4 Å². The summed E-state index contributed by atoms with van der Waals surface area (Å²) in [6.07, 6.45) is 5.71. The maximum absolute atomic E-state index is 10.2. The first kappa shape index (κ1) is 20.1. The Balaban J connectivity index is 1.16. The van der Waals surface area contributed by atoms with Gasteiger partial charge in [0, 0.05) is 61.5 Å². The molecule has 1 aromatic carbocycles. The first-order chi connectivity index (χ1) is 16.1. The van der Waals surface area contributed by atoms with Gasteiger partial charge >= 0.3 is 0 Å². The molecule has 0 bridgehead atoms. The van der Waals surface area contributed by atoms with E-state index in [1.54, 1.807) is 12.1 Å². The Morgan fingerprint density at radius 2 is 1.70 bits per heavy atom. The number of fused-ring (bicyclic) bond motifs is 1. The third-order valence-corrected chi connectivity index (χ3v) is 7.23. The van der Waals surface area contributed by atoms with Crippen molar-refractivity contribution in [1.29, 1.82) is 0 Å². The van der Waals surface area contributed by atoms with Crippen LogP contribution in [0.4, 0.5) is 17.2 Å². The first-order valence-corrected chi connectivity index (χ1v) is 11.7. The summed E-state index contributed by atoms with van der Waals surface area (Å²) < 4.78 is 6.00. The molecule has 0 radical (unpaired) electrons. The van der Waals surface area contributed by atoms with Crippen LogP contribution in [0, 0.1) is 11.8 Å². The number of rotatable bonds is 5. The highest BCUT2D eigenvalue weighted by atomic mass is 16.5. The predicted molar refractivity (Wildman–Crippen MR) is 127 cm³/mol. The van der Waals surface area contributed by atoms with Crippen LogP contribution in [0.3, 0.4) is 0 Å². The monoisotopic (exact) mass is 444 g/mol. The maximum Gasteiger partial charge on any atom is 0.215 e. The van der Waals surface area contributed by atoms with Gasteiger partial charge in [0.1, 0.15) is 11.9 Å². The number of para-hydroxylation sites is 1. The lowest BCUT2D eigenvalue weighted by atomic mass is 9.96. The smallest absolute Gasteiger partial charge is 0.215 e. The molecule has 3 aliphatic rings. The summed E-state index contributed by atoms with van der Waals surface area (Å²) in [7, 11) is 0. The van der Waals surface area contributed by atoms with Gasteiger partial charge in [-0.1, -0.05) is 12.1 Å². The van der Waals surface area contributed by atoms with Crippen molar-refractivity contribution in [3.8, 4) is 22.9 Å². The van der Waals surface area contributed by atoms with Gasteiger partial charge in [0.25, 0.3) is 0 Å². The maximum atomic E-state index is 10.2. The molecule has 1 aliphatic carbocycles. The SMILES string of the molecule is Nc1nnc(-c2ccccc2O)cc1N1CC2CN(c3ccnc(OC4CCC4)c3)CC2C1. The Bertz CT molecular complexity index is 1150. The molecule has 2 aliphatic heterocycles. The predicted octanol–water partition coefficient (Wildman–Crippen LogP) is 3.33. The molecule has 2 aromatic heterocycles. The zero-order chi connectivity index (χ0) is 22.4. The number of nitrogens with zero attached hydrogens (tertiary/aromatic N) is 5. The summed E-state index contributed by atoms with van der Waals surface area (Å²) >= 11 is 0. The summed E-state index contributed by atoms with van der Waals surface area (Å²) in [6, 6.07) is 13.3. The van der Waals surface area contributed by atoms with E-state index in [-0.39, 0.29) is 5.75 Å². The molecule has 2 saturated heterocycles. The molecule has 1 saturated carbocycles. The van der Waals surface area contributed by atoms with Crippen LogP contribution in [-0.2, 0) is 0 Å². The minimum absolute atomic E-state index is 0.189. The lowest BCUT2D eigenvalue weighted by molar-refractivity contribution is 0.114. The van der Waals surface area contributed by atoms with Gasteiger partial charge in [-0.15, -0.1) is 10.2 Å². The molecule has 4 heterocycles. The third kappa shape index (κ3) is 3.79. The van der Waals surface area contributed by atoms with Gasteiger partial charge in [-0.3, -0.25) is 0 Å². The molecular weight excluding hydrogens is 416 g/mol. The van der Waals surface area contributed by atoms with E-state index in [2.05, 4.69) is 37.1 Å². The van der Waals surface area contributed by atoms with Crippen molar-refractivity contribution >= 4 is 17.2 Å². The van der Waals surface area contributed by atoms with Crippen molar-refractivity contribution < 1.29 is 9.84 Å². The second kappa shape index (κ2) is 8.10. The summed E-state index contributed by atoms with van der Waals surface area (Å²) in [6.45, 7) is 3.85. The number of hydrogen-bond acceptors (Lipinski definition) is 8. The van der Waals surface area contributed by atoms with Crippen LogP contribution >= 0.6 is 0 Å². The van der Waals surface area contributed by atoms with Crippen molar-refractivity contribution in [3.63, 3.8) is 0 Å². The molecule has 3 fully saturated rings. The Morgan fingerprint density at radius 3 is 2.42 bits per heavy atom. The highest BCUT2D eigenvalue weighted by Gasteiger charge is 2.41. The molecule has 3 N–H and O–H groups in total. The number of phenols is 1. The minimum Gasteiger partial charge on any atom is -0.507 e. The molecule has 0 spiro atoms. The number of ether oxygens (including phenoxy) is 1. The normalized spacial score (nSPS) is 22.3. The third-order valence-electron chi connectivity index (χ3n) is 7.23. The molecule has 6 rings (SSSR count). The van der Waals surface area contributed by atoms with Gasteiger partial charge in [-0.05, 0) is 43.5 Å². The molecule has 2 unspecified atom stereocenters. The number of phenolic OH excluding ortho intramolecular Hbond substituents is 1. The fourth-order valence-corrected chi connectivity index (χ4v) is 5.19. The second-order valence-corrected chi connectivity index (χ2v) is 9.37. The van der Waals surface area contributed by atoms with E-state index >= 15 is 0 Å². The lowest BCUT2D eigenvalue weighted by Crippen LogP contribution is -2.29. The number of nitrogens with two attached hydrogens (primary N) is 1. The van der Waals surface area contributed by atoms with E-state index in [4.69, 9.17) is 10.5 Å². The fraction of sp³-hybridized carbons (Fsp3) is 0.400. The number of aromatic nitrogens is 3. The number of pyridine rings is 1. The van der Waals surface area contributed by atoms with E-state index in [1.165, 1.54) is 12.1 Å². The zero-order valence-corrected chi connectivity index (χ0v) is 18.5.